The number of nitrogens with zero attached hydrogens (tertiary/aromatic N) is 3. The maximum atomic E-state index is 12.1. The van der Waals surface area contributed by atoms with Crippen molar-refractivity contribution in [3.8, 4) is 0 Å². The molecular weight excluding hydrogens is 391 g/mol. The van der Waals surface area contributed by atoms with Gasteiger partial charge in [0.05, 0.1) is 6.61 Å². The fourth-order valence-corrected chi connectivity index (χ4v) is 4.65. The third-order valence-corrected chi connectivity index (χ3v) is 6.99. The van der Waals surface area contributed by atoms with Crippen molar-refractivity contribution < 1.29 is 36.2 Å². The number of methoxy groups -OCH3 is 1. The van der Waals surface area contributed by atoms with Gasteiger partial charge < -0.3 is 14.7 Å². The first-order chi connectivity index (χ1) is 12.2. The number of likely N-dealkylation sites (tertiary alicyclic amines) is 1. The molecule has 0 aromatic rings. The summed E-state index contributed by atoms with van der Waals surface area (Å²) in [5, 5.41) is 7.12. The van der Waals surface area contributed by atoms with Crippen molar-refractivity contribution in [3.63, 3.8) is 0 Å². The first-order valence-corrected chi connectivity index (χ1v) is 9.82. The second-order valence-corrected chi connectivity index (χ2v) is 9.36. The van der Waals surface area contributed by atoms with Gasteiger partial charge in [0.15, 0.2) is 0 Å². The number of piperidine rings is 1. The quantitative estimate of drug-likeness (QED) is 0.727. The molecule has 2 heterocycles. The lowest BCUT2D eigenvalue weighted by Crippen LogP contribution is -2.47. The van der Waals surface area contributed by atoms with Crippen molar-refractivity contribution in [1.82, 2.24) is 13.5 Å². The number of aliphatic carboxylic acids is 1. The molecule has 2 fully saturated rings. The van der Waals surface area contributed by atoms with Crippen LogP contribution in [0, 0.1) is 5.41 Å². The molecule has 0 aromatic carbocycles. The Balaban J connectivity index is 0.000000445. The monoisotopic (exact) mass is 419 g/mol. The Morgan fingerprint density at radius 1 is 1.30 bits per heavy atom. The average Bonchev–Trinajstić information content (AvgIpc) is 2.83. The van der Waals surface area contributed by atoms with Gasteiger partial charge in [-0.05, 0) is 31.7 Å². The van der Waals surface area contributed by atoms with E-state index in [-0.39, 0.29) is 5.41 Å². The molecule has 2 rings (SSSR count). The topological polar surface area (TPSA) is 90.4 Å². The smallest absolute Gasteiger partial charge is 0.475 e. The van der Waals surface area contributed by atoms with E-state index in [2.05, 4.69) is 11.9 Å². The maximum absolute atomic E-state index is 12.1. The molecule has 1 N–H and O–H groups in total. The molecule has 2 saturated heterocycles. The number of alkyl halides is 3. The number of likely N-dealkylation sites (N-methyl/N-ethyl adjacent to an activating group) is 1. The first-order valence-electron chi connectivity index (χ1n) is 8.42. The highest BCUT2D eigenvalue weighted by molar-refractivity contribution is 7.86. The van der Waals surface area contributed by atoms with E-state index in [1.54, 1.807) is 25.5 Å². The fraction of sp³-hybridized carbons (Fsp3) is 0.933. The Kier molecular flexibility index (Phi) is 8.06. The van der Waals surface area contributed by atoms with E-state index in [1.165, 1.54) is 4.31 Å². The van der Waals surface area contributed by atoms with Gasteiger partial charge in [0, 0.05) is 46.9 Å². The molecule has 1 atom stereocenters. The molecule has 12 heteroatoms. The Morgan fingerprint density at radius 2 is 1.78 bits per heavy atom. The van der Waals surface area contributed by atoms with Crippen LogP contribution in [0.1, 0.15) is 19.3 Å². The lowest BCUT2D eigenvalue weighted by molar-refractivity contribution is -0.192. The number of ether oxygens (including phenoxy) is 1. The summed E-state index contributed by atoms with van der Waals surface area (Å²) in [5.41, 5.74) is 0.274. The summed E-state index contributed by atoms with van der Waals surface area (Å²) < 4.78 is 64.2. The summed E-state index contributed by atoms with van der Waals surface area (Å²) in [6.45, 7) is 3.08. The Morgan fingerprint density at radius 3 is 2.15 bits per heavy atom. The van der Waals surface area contributed by atoms with E-state index in [9.17, 15) is 21.6 Å². The number of hydrogen-bond donors (Lipinski definition) is 1. The van der Waals surface area contributed by atoms with E-state index >= 15 is 0 Å². The van der Waals surface area contributed by atoms with Crippen molar-refractivity contribution >= 4 is 16.2 Å². The Labute approximate surface area is 158 Å². The van der Waals surface area contributed by atoms with E-state index in [1.807, 2.05) is 0 Å². The van der Waals surface area contributed by atoms with Crippen LogP contribution in [-0.4, -0.2) is 99.7 Å². The van der Waals surface area contributed by atoms with Crippen LogP contribution < -0.4 is 0 Å². The van der Waals surface area contributed by atoms with Gasteiger partial charge in [0.25, 0.3) is 10.2 Å². The van der Waals surface area contributed by atoms with Gasteiger partial charge in [-0.25, -0.2) is 4.79 Å². The predicted octanol–water partition coefficient (Wildman–Crippen LogP) is 0.859. The minimum absolute atomic E-state index is 0.274. The summed E-state index contributed by atoms with van der Waals surface area (Å²) in [4.78, 5) is 11.3. The van der Waals surface area contributed by atoms with Gasteiger partial charge in [-0.1, -0.05) is 0 Å². The number of rotatable bonds is 4. The van der Waals surface area contributed by atoms with Gasteiger partial charge in [-0.2, -0.15) is 30.2 Å². The molecule has 2 aliphatic rings. The normalized spacial score (nSPS) is 24.1. The van der Waals surface area contributed by atoms with Crippen LogP contribution >= 0.6 is 0 Å². The zero-order chi connectivity index (χ0) is 21.0. The molecule has 0 amide bonds. The standard InChI is InChI=1S/C13H27N3O3S.C2HF3O2/c1-14(2)20(17,18)16-7-5-13(6-8-16)9-12(10-19-4)15(3)11-13;3-2(4,5)1(6)7/h12H,5-11H2,1-4H3;(H,6,7). The van der Waals surface area contributed by atoms with Crippen LogP contribution in [0.15, 0.2) is 0 Å². The fourth-order valence-electron chi connectivity index (χ4n) is 3.54. The molecule has 0 bridgehead atoms. The lowest BCUT2D eigenvalue weighted by Gasteiger charge is -2.39. The second kappa shape index (κ2) is 9.03. The number of carboxylic acid groups (broad SMARTS) is 1. The zero-order valence-corrected chi connectivity index (χ0v) is 16.8. The minimum atomic E-state index is -5.08. The van der Waals surface area contributed by atoms with Crippen molar-refractivity contribution in [2.45, 2.75) is 31.5 Å². The third-order valence-electron chi connectivity index (χ3n) is 5.05. The van der Waals surface area contributed by atoms with E-state index in [4.69, 9.17) is 14.6 Å². The summed E-state index contributed by atoms with van der Waals surface area (Å²) in [5.74, 6) is -2.76. The minimum Gasteiger partial charge on any atom is -0.475 e. The molecule has 1 spiro atoms. The van der Waals surface area contributed by atoms with Gasteiger partial charge in [-0.15, -0.1) is 0 Å². The molecule has 27 heavy (non-hydrogen) atoms. The zero-order valence-electron chi connectivity index (χ0n) is 16.0. The molecule has 8 nitrogen and oxygen atoms in total. The van der Waals surface area contributed by atoms with Crippen molar-refractivity contribution in [2.75, 3.05) is 54.5 Å². The van der Waals surface area contributed by atoms with E-state index < -0.39 is 22.4 Å². The highest BCUT2D eigenvalue weighted by Gasteiger charge is 2.45. The lowest BCUT2D eigenvalue weighted by atomic mass is 9.77. The Bertz CT molecular complexity index is 604. The van der Waals surface area contributed by atoms with Gasteiger partial charge in [0.2, 0.25) is 0 Å². The molecule has 0 aliphatic carbocycles. The molecular formula is C15H28F3N3O5S. The van der Waals surface area contributed by atoms with Crippen LogP contribution in [0.4, 0.5) is 13.2 Å². The van der Waals surface area contributed by atoms with Crippen molar-refractivity contribution in [2.24, 2.45) is 5.41 Å². The maximum Gasteiger partial charge on any atom is 0.490 e. The predicted molar refractivity (Wildman–Crippen MR) is 92.4 cm³/mol. The van der Waals surface area contributed by atoms with E-state index in [0.717, 1.165) is 32.4 Å². The molecule has 0 aromatic heterocycles. The first kappa shape index (κ1) is 24.1. The average molecular weight is 419 g/mol. The number of halogens is 3. The second-order valence-electron chi connectivity index (χ2n) is 7.22. The largest absolute Gasteiger partial charge is 0.490 e. The van der Waals surface area contributed by atoms with Gasteiger partial charge in [-0.3, -0.25) is 0 Å². The van der Waals surface area contributed by atoms with Crippen LogP contribution in [0.3, 0.4) is 0 Å². The molecule has 2 aliphatic heterocycles. The van der Waals surface area contributed by atoms with Crippen molar-refractivity contribution in [1.29, 1.82) is 0 Å². The molecule has 0 radical (unpaired) electrons. The van der Waals surface area contributed by atoms with Crippen molar-refractivity contribution in [3.05, 3.63) is 0 Å². The van der Waals surface area contributed by atoms with Gasteiger partial charge in [0.1, 0.15) is 0 Å². The van der Waals surface area contributed by atoms with E-state index in [0.29, 0.717) is 19.1 Å². The summed E-state index contributed by atoms with van der Waals surface area (Å²) in [6.07, 6.45) is -2.07. The number of hydrogen-bond acceptors (Lipinski definition) is 5. The van der Waals surface area contributed by atoms with Crippen LogP contribution in [-0.2, 0) is 19.7 Å². The highest BCUT2D eigenvalue weighted by Crippen LogP contribution is 2.43. The Hall–Kier alpha value is -0.950. The van der Waals surface area contributed by atoms with Crippen LogP contribution in [0.5, 0.6) is 0 Å². The molecule has 0 saturated carbocycles. The molecule has 160 valence electrons. The summed E-state index contributed by atoms with van der Waals surface area (Å²) in [6, 6.07) is 0.469. The third kappa shape index (κ3) is 6.28. The number of carboxylic acids is 1. The van der Waals surface area contributed by atoms with Gasteiger partial charge >= 0.3 is 12.1 Å². The summed E-state index contributed by atoms with van der Waals surface area (Å²) in [7, 11) is 3.82. The SMILES string of the molecule is COCC1CC2(CCN(S(=O)(=O)N(C)C)CC2)CN1C.O=C(O)C(F)(F)F. The number of carbonyl (C=O) groups is 1. The summed E-state index contributed by atoms with van der Waals surface area (Å²) >= 11 is 0. The highest BCUT2D eigenvalue weighted by atomic mass is 32.2. The van der Waals surface area contributed by atoms with Crippen LogP contribution in [0.25, 0.3) is 0 Å². The van der Waals surface area contributed by atoms with Crippen LogP contribution in [0.2, 0.25) is 0 Å². The molecule has 1 unspecified atom stereocenters.